The highest BCUT2D eigenvalue weighted by Gasteiger charge is 2.31. The van der Waals surface area contributed by atoms with Gasteiger partial charge in [0.25, 0.3) is 0 Å². The molecule has 0 amide bonds. The molecule has 1 rings (SSSR count). The summed E-state index contributed by atoms with van der Waals surface area (Å²) in [5, 5.41) is 0. The second-order valence-corrected chi connectivity index (χ2v) is 6.02. The van der Waals surface area contributed by atoms with Gasteiger partial charge >= 0.3 is 0 Å². The average molecular weight is 215 g/mol. The van der Waals surface area contributed by atoms with Gasteiger partial charge < -0.3 is 5.73 Å². The first-order valence-corrected chi connectivity index (χ1v) is 6.73. The van der Waals surface area contributed by atoms with E-state index in [2.05, 4.69) is 11.8 Å². The molecule has 1 saturated heterocycles. The van der Waals surface area contributed by atoms with Crippen molar-refractivity contribution < 1.29 is 8.42 Å². The number of rotatable bonds is 3. The van der Waals surface area contributed by atoms with E-state index in [1.807, 2.05) is 0 Å². The summed E-state index contributed by atoms with van der Waals surface area (Å²) >= 11 is 0. The summed E-state index contributed by atoms with van der Waals surface area (Å²) in [5.74, 6) is 6.48. The number of hydrogen-bond donors (Lipinski definition) is 1. The summed E-state index contributed by atoms with van der Waals surface area (Å²) in [6, 6.07) is -0.00637. The van der Waals surface area contributed by atoms with E-state index in [0.29, 0.717) is 5.75 Å². The van der Waals surface area contributed by atoms with Crippen molar-refractivity contribution in [3.63, 3.8) is 0 Å². The van der Waals surface area contributed by atoms with Crippen molar-refractivity contribution in [1.29, 1.82) is 0 Å². The number of nitrogens with two attached hydrogens (primary N) is 1. The van der Waals surface area contributed by atoms with Gasteiger partial charge in [-0.25, -0.2) is 8.42 Å². The fourth-order valence-electron chi connectivity index (χ4n) is 1.76. The SMILES string of the molecule is CC#CCCC(N)C1CCS(=O)(=O)C1. The first-order chi connectivity index (χ1) is 6.55. The van der Waals surface area contributed by atoms with Crippen LogP contribution in [0.3, 0.4) is 0 Å². The van der Waals surface area contributed by atoms with Gasteiger partial charge in [-0.3, -0.25) is 0 Å². The van der Waals surface area contributed by atoms with Crippen LogP contribution < -0.4 is 5.73 Å². The largest absolute Gasteiger partial charge is 0.327 e. The van der Waals surface area contributed by atoms with Crippen molar-refractivity contribution in [3.05, 3.63) is 0 Å². The molecule has 0 aliphatic carbocycles. The Balaban J connectivity index is 2.38. The topological polar surface area (TPSA) is 60.2 Å². The van der Waals surface area contributed by atoms with Crippen LogP contribution in [-0.4, -0.2) is 26.0 Å². The Morgan fingerprint density at radius 3 is 2.79 bits per heavy atom. The summed E-state index contributed by atoms with van der Waals surface area (Å²) in [4.78, 5) is 0. The minimum Gasteiger partial charge on any atom is -0.327 e. The van der Waals surface area contributed by atoms with Gasteiger partial charge in [-0.1, -0.05) is 0 Å². The Kier molecular flexibility index (Phi) is 3.97. The van der Waals surface area contributed by atoms with Crippen molar-refractivity contribution in [1.82, 2.24) is 0 Å². The molecule has 80 valence electrons. The highest BCUT2D eigenvalue weighted by Crippen LogP contribution is 2.22. The maximum atomic E-state index is 11.2. The minimum atomic E-state index is -2.79. The second-order valence-electron chi connectivity index (χ2n) is 3.79. The molecule has 2 atom stereocenters. The zero-order chi connectivity index (χ0) is 10.6. The van der Waals surface area contributed by atoms with Gasteiger partial charge in [-0.2, -0.15) is 0 Å². The van der Waals surface area contributed by atoms with Gasteiger partial charge in [0.15, 0.2) is 9.84 Å². The predicted molar refractivity (Wildman–Crippen MR) is 57.4 cm³/mol. The fourth-order valence-corrected chi connectivity index (χ4v) is 3.66. The maximum Gasteiger partial charge on any atom is 0.150 e. The van der Waals surface area contributed by atoms with E-state index in [0.717, 1.165) is 19.3 Å². The lowest BCUT2D eigenvalue weighted by Crippen LogP contribution is -2.30. The fraction of sp³-hybridized carbons (Fsp3) is 0.800. The molecule has 14 heavy (non-hydrogen) atoms. The monoisotopic (exact) mass is 215 g/mol. The van der Waals surface area contributed by atoms with E-state index in [1.165, 1.54) is 0 Å². The van der Waals surface area contributed by atoms with E-state index in [-0.39, 0.29) is 17.7 Å². The third-order valence-electron chi connectivity index (χ3n) is 2.65. The van der Waals surface area contributed by atoms with Gasteiger partial charge in [0.1, 0.15) is 0 Å². The molecule has 1 heterocycles. The quantitative estimate of drug-likeness (QED) is 0.699. The highest BCUT2D eigenvalue weighted by atomic mass is 32.2. The van der Waals surface area contributed by atoms with E-state index < -0.39 is 9.84 Å². The Morgan fingerprint density at radius 1 is 1.57 bits per heavy atom. The van der Waals surface area contributed by atoms with Crippen LogP contribution in [0.2, 0.25) is 0 Å². The van der Waals surface area contributed by atoms with E-state index in [1.54, 1.807) is 6.92 Å². The molecule has 1 fully saturated rings. The molecule has 0 spiro atoms. The van der Waals surface area contributed by atoms with Gasteiger partial charge in [-0.15, -0.1) is 11.8 Å². The molecule has 0 aromatic heterocycles. The summed E-state index contributed by atoms with van der Waals surface area (Å²) in [6.07, 6.45) is 2.30. The Morgan fingerprint density at radius 2 is 2.29 bits per heavy atom. The Labute approximate surface area is 86.0 Å². The normalized spacial score (nSPS) is 26.6. The zero-order valence-corrected chi connectivity index (χ0v) is 9.31. The second kappa shape index (κ2) is 4.81. The molecule has 1 aliphatic heterocycles. The summed E-state index contributed by atoms with van der Waals surface area (Å²) < 4.78 is 22.4. The lowest BCUT2D eigenvalue weighted by molar-refractivity contribution is 0.443. The molecule has 2 N–H and O–H groups in total. The van der Waals surface area contributed by atoms with Crippen molar-refractivity contribution >= 4 is 9.84 Å². The number of sulfone groups is 1. The molecule has 1 aliphatic rings. The van der Waals surface area contributed by atoms with Gasteiger partial charge in [-0.05, 0) is 25.7 Å². The van der Waals surface area contributed by atoms with Gasteiger partial charge in [0.05, 0.1) is 11.5 Å². The van der Waals surface area contributed by atoms with Crippen LogP contribution in [0.25, 0.3) is 0 Å². The van der Waals surface area contributed by atoms with Crippen LogP contribution in [-0.2, 0) is 9.84 Å². The van der Waals surface area contributed by atoms with Crippen LogP contribution in [0.1, 0.15) is 26.2 Å². The third kappa shape index (κ3) is 3.32. The van der Waals surface area contributed by atoms with Crippen LogP contribution in [0.15, 0.2) is 0 Å². The minimum absolute atomic E-state index is 0.00637. The zero-order valence-electron chi connectivity index (χ0n) is 8.49. The molecule has 0 aromatic carbocycles. The van der Waals surface area contributed by atoms with Crippen LogP contribution in [0.5, 0.6) is 0 Å². The lowest BCUT2D eigenvalue weighted by atomic mass is 9.96. The first-order valence-electron chi connectivity index (χ1n) is 4.91. The highest BCUT2D eigenvalue weighted by molar-refractivity contribution is 7.91. The molecular weight excluding hydrogens is 198 g/mol. The van der Waals surface area contributed by atoms with Crippen molar-refractivity contribution in [2.75, 3.05) is 11.5 Å². The van der Waals surface area contributed by atoms with Crippen LogP contribution >= 0.6 is 0 Å². The molecule has 0 radical (unpaired) electrons. The lowest BCUT2D eigenvalue weighted by Gasteiger charge is -2.15. The number of hydrogen-bond acceptors (Lipinski definition) is 3. The van der Waals surface area contributed by atoms with E-state index in [9.17, 15) is 8.42 Å². The first kappa shape index (κ1) is 11.5. The van der Waals surface area contributed by atoms with Crippen LogP contribution in [0.4, 0.5) is 0 Å². The molecular formula is C10H17NO2S. The summed E-state index contributed by atoms with van der Waals surface area (Å²) in [6.45, 7) is 1.80. The predicted octanol–water partition coefficient (Wildman–Crippen LogP) is 0.552. The maximum absolute atomic E-state index is 11.2. The molecule has 0 saturated carbocycles. The Bertz CT molecular complexity index is 337. The van der Waals surface area contributed by atoms with Gasteiger partial charge in [0.2, 0.25) is 0 Å². The van der Waals surface area contributed by atoms with Crippen LogP contribution in [0, 0.1) is 17.8 Å². The van der Waals surface area contributed by atoms with Crippen molar-refractivity contribution in [2.45, 2.75) is 32.2 Å². The molecule has 0 aromatic rings. The van der Waals surface area contributed by atoms with Crippen molar-refractivity contribution in [3.8, 4) is 11.8 Å². The molecule has 2 unspecified atom stereocenters. The molecule has 0 bridgehead atoms. The smallest absolute Gasteiger partial charge is 0.150 e. The molecule has 4 heteroatoms. The molecule has 3 nitrogen and oxygen atoms in total. The standard InChI is InChI=1S/C10H17NO2S/c1-2-3-4-5-10(11)9-6-7-14(12,13)8-9/h9-10H,4-8,11H2,1H3. The average Bonchev–Trinajstić information content (AvgIpc) is 2.46. The van der Waals surface area contributed by atoms with Gasteiger partial charge in [0, 0.05) is 12.5 Å². The summed E-state index contributed by atoms with van der Waals surface area (Å²) in [7, 11) is -2.79. The van der Waals surface area contributed by atoms with E-state index in [4.69, 9.17) is 5.73 Å². The third-order valence-corrected chi connectivity index (χ3v) is 4.45. The Hall–Kier alpha value is -0.530. The summed E-state index contributed by atoms with van der Waals surface area (Å²) in [5.41, 5.74) is 5.91. The van der Waals surface area contributed by atoms with E-state index >= 15 is 0 Å². The van der Waals surface area contributed by atoms with Crippen molar-refractivity contribution in [2.24, 2.45) is 11.7 Å².